The molecule has 0 amide bonds. The first-order chi connectivity index (χ1) is 6.06. The van der Waals surface area contributed by atoms with Crippen LogP contribution in [0.1, 0.15) is 0 Å². The van der Waals surface area contributed by atoms with Crippen molar-refractivity contribution in [1.29, 1.82) is 0 Å². The highest BCUT2D eigenvalue weighted by molar-refractivity contribution is 7.93. The van der Waals surface area contributed by atoms with Crippen LogP contribution in [0.25, 0.3) is 0 Å². The molecule has 0 saturated carbocycles. The minimum absolute atomic E-state index is 0.111. The van der Waals surface area contributed by atoms with Gasteiger partial charge >= 0.3 is 0 Å². The van der Waals surface area contributed by atoms with Gasteiger partial charge in [-0.2, -0.15) is 0 Å². The number of hydrogen-bond acceptors (Lipinski definition) is 4. The highest BCUT2D eigenvalue weighted by atomic mass is 35.5. The van der Waals surface area contributed by atoms with Gasteiger partial charge < -0.3 is 5.32 Å². The fourth-order valence-corrected chi connectivity index (χ4v) is 3.69. The third-order valence-corrected chi connectivity index (χ3v) is 5.00. The van der Waals surface area contributed by atoms with Crippen molar-refractivity contribution in [2.75, 3.05) is 19.3 Å². The summed E-state index contributed by atoms with van der Waals surface area (Å²) in [6.45, 7) is 0.456. The lowest BCUT2D eigenvalue weighted by Gasteiger charge is -1.99. The van der Waals surface area contributed by atoms with Crippen LogP contribution in [0.15, 0.2) is 16.3 Å². The maximum absolute atomic E-state index is 11.5. The Morgan fingerprint density at radius 2 is 2.23 bits per heavy atom. The van der Waals surface area contributed by atoms with Crippen molar-refractivity contribution in [2.45, 2.75) is 4.21 Å². The molecule has 1 heterocycles. The first-order valence-corrected chi connectivity index (χ1v) is 6.53. The molecular weight excluding hydrogens is 230 g/mol. The zero-order valence-electron chi connectivity index (χ0n) is 7.08. The highest BCUT2D eigenvalue weighted by Crippen LogP contribution is 2.26. The van der Waals surface area contributed by atoms with Crippen LogP contribution in [-0.4, -0.2) is 27.8 Å². The average Bonchev–Trinajstić information content (AvgIpc) is 2.49. The molecule has 0 saturated heterocycles. The van der Waals surface area contributed by atoms with Gasteiger partial charge in [0.15, 0.2) is 9.84 Å². The predicted octanol–water partition coefficient (Wildman–Crippen LogP) is 1.39. The largest absolute Gasteiger partial charge is 0.319 e. The Morgan fingerprint density at radius 3 is 2.69 bits per heavy atom. The van der Waals surface area contributed by atoms with E-state index >= 15 is 0 Å². The van der Waals surface area contributed by atoms with Crippen LogP contribution in [0.5, 0.6) is 0 Å². The molecule has 0 aromatic carbocycles. The molecule has 0 aliphatic carbocycles. The second-order valence-corrected chi connectivity index (χ2v) is 6.53. The van der Waals surface area contributed by atoms with Crippen molar-refractivity contribution in [2.24, 2.45) is 0 Å². The Bertz CT molecular complexity index is 372. The smallest absolute Gasteiger partial charge is 0.189 e. The normalized spacial score (nSPS) is 11.8. The van der Waals surface area contributed by atoms with Gasteiger partial charge in [0.1, 0.15) is 4.21 Å². The number of hydrogen-bond donors (Lipinski definition) is 1. The van der Waals surface area contributed by atoms with E-state index in [2.05, 4.69) is 5.32 Å². The van der Waals surface area contributed by atoms with Gasteiger partial charge in [0.25, 0.3) is 0 Å². The number of rotatable bonds is 4. The molecule has 1 N–H and O–H groups in total. The van der Waals surface area contributed by atoms with Crippen molar-refractivity contribution >= 4 is 32.8 Å². The maximum atomic E-state index is 11.5. The molecule has 0 atom stereocenters. The van der Waals surface area contributed by atoms with Gasteiger partial charge in [-0.3, -0.25) is 0 Å². The maximum Gasteiger partial charge on any atom is 0.189 e. The molecule has 0 fully saturated rings. The standard InChI is InChI=1S/C7H10ClNO2S2/c1-9-4-5-13(10,11)7-3-2-6(8)12-7/h2-3,9H,4-5H2,1H3. The lowest BCUT2D eigenvalue weighted by molar-refractivity contribution is 0.595. The molecule has 0 unspecified atom stereocenters. The molecule has 0 aliphatic rings. The van der Waals surface area contributed by atoms with Gasteiger partial charge in [0, 0.05) is 6.54 Å². The van der Waals surface area contributed by atoms with Crippen LogP contribution in [-0.2, 0) is 9.84 Å². The number of thiophene rings is 1. The van der Waals surface area contributed by atoms with E-state index in [4.69, 9.17) is 11.6 Å². The summed E-state index contributed by atoms with van der Waals surface area (Å²) in [5.74, 6) is 0.111. The fraction of sp³-hybridized carbons (Fsp3) is 0.429. The molecule has 1 rings (SSSR count). The van der Waals surface area contributed by atoms with Gasteiger partial charge in [-0.25, -0.2) is 8.42 Å². The molecule has 0 radical (unpaired) electrons. The van der Waals surface area contributed by atoms with Crippen molar-refractivity contribution in [3.63, 3.8) is 0 Å². The van der Waals surface area contributed by atoms with Crippen LogP contribution < -0.4 is 5.32 Å². The molecule has 3 nitrogen and oxygen atoms in total. The van der Waals surface area contributed by atoms with E-state index in [0.29, 0.717) is 15.1 Å². The van der Waals surface area contributed by atoms with Crippen molar-refractivity contribution in [1.82, 2.24) is 5.32 Å². The summed E-state index contributed by atoms with van der Waals surface area (Å²) in [5.41, 5.74) is 0. The Hall–Kier alpha value is -0.100. The van der Waals surface area contributed by atoms with Crippen molar-refractivity contribution < 1.29 is 8.42 Å². The lowest BCUT2D eigenvalue weighted by Crippen LogP contribution is -2.18. The van der Waals surface area contributed by atoms with Crippen LogP contribution in [0.4, 0.5) is 0 Å². The van der Waals surface area contributed by atoms with Crippen LogP contribution in [0.2, 0.25) is 4.34 Å². The molecule has 1 aromatic heterocycles. The second-order valence-electron chi connectivity index (χ2n) is 2.48. The van der Waals surface area contributed by atoms with Crippen molar-refractivity contribution in [3.8, 4) is 0 Å². The Morgan fingerprint density at radius 1 is 1.54 bits per heavy atom. The second kappa shape index (κ2) is 4.41. The molecule has 13 heavy (non-hydrogen) atoms. The Kier molecular flexibility index (Phi) is 3.73. The van der Waals surface area contributed by atoms with Crippen LogP contribution >= 0.6 is 22.9 Å². The minimum Gasteiger partial charge on any atom is -0.319 e. The van der Waals surface area contributed by atoms with Gasteiger partial charge in [-0.1, -0.05) is 11.6 Å². The fourth-order valence-electron chi connectivity index (χ4n) is 0.802. The quantitative estimate of drug-likeness (QED) is 0.864. The summed E-state index contributed by atoms with van der Waals surface area (Å²) in [6.07, 6.45) is 0. The molecule has 6 heteroatoms. The number of halogens is 1. The first-order valence-electron chi connectivity index (χ1n) is 3.69. The van der Waals surface area contributed by atoms with E-state index < -0.39 is 9.84 Å². The Labute approximate surface area is 86.6 Å². The van der Waals surface area contributed by atoms with Gasteiger partial charge in [-0.05, 0) is 19.2 Å². The monoisotopic (exact) mass is 239 g/mol. The van der Waals surface area contributed by atoms with E-state index in [1.165, 1.54) is 6.07 Å². The summed E-state index contributed by atoms with van der Waals surface area (Å²) in [5, 5.41) is 2.79. The van der Waals surface area contributed by atoms with Gasteiger partial charge in [0.05, 0.1) is 10.1 Å². The molecule has 0 spiro atoms. The van der Waals surface area contributed by atoms with E-state index in [-0.39, 0.29) is 5.75 Å². The molecule has 0 aliphatic heterocycles. The minimum atomic E-state index is -3.13. The molecule has 0 bridgehead atoms. The molecule has 1 aromatic rings. The zero-order chi connectivity index (χ0) is 9.90. The highest BCUT2D eigenvalue weighted by Gasteiger charge is 2.15. The summed E-state index contributed by atoms with van der Waals surface area (Å²) < 4.78 is 23.9. The van der Waals surface area contributed by atoms with E-state index in [9.17, 15) is 8.42 Å². The van der Waals surface area contributed by atoms with Crippen molar-refractivity contribution in [3.05, 3.63) is 16.5 Å². The van der Waals surface area contributed by atoms with E-state index in [1.54, 1.807) is 13.1 Å². The lowest BCUT2D eigenvalue weighted by atomic mass is 10.7. The molecule has 74 valence electrons. The summed E-state index contributed by atoms with van der Waals surface area (Å²) in [7, 11) is -1.41. The SMILES string of the molecule is CNCCS(=O)(=O)c1ccc(Cl)s1. The first kappa shape index (κ1) is 11.0. The van der Waals surface area contributed by atoms with E-state index in [0.717, 1.165) is 11.3 Å². The summed E-state index contributed by atoms with van der Waals surface area (Å²) in [6, 6.07) is 3.14. The predicted molar refractivity (Wildman–Crippen MR) is 55.3 cm³/mol. The summed E-state index contributed by atoms with van der Waals surface area (Å²) in [4.78, 5) is 0. The van der Waals surface area contributed by atoms with E-state index in [1.807, 2.05) is 0 Å². The number of nitrogens with one attached hydrogen (secondary N) is 1. The Balaban J connectivity index is 2.82. The zero-order valence-corrected chi connectivity index (χ0v) is 9.47. The third kappa shape index (κ3) is 2.95. The summed E-state index contributed by atoms with van der Waals surface area (Å²) >= 11 is 6.73. The topological polar surface area (TPSA) is 46.2 Å². The van der Waals surface area contributed by atoms with Gasteiger partial charge in [-0.15, -0.1) is 11.3 Å². The van der Waals surface area contributed by atoms with Crippen LogP contribution in [0.3, 0.4) is 0 Å². The average molecular weight is 240 g/mol. The third-order valence-electron chi connectivity index (χ3n) is 1.48. The molecular formula is C7H10ClNO2S2. The van der Waals surface area contributed by atoms with Crippen LogP contribution in [0, 0.1) is 0 Å². The number of sulfone groups is 1. The van der Waals surface area contributed by atoms with Gasteiger partial charge in [0.2, 0.25) is 0 Å².